The van der Waals surface area contributed by atoms with Crippen molar-refractivity contribution in [2.75, 3.05) is 0 Å². The molecule has 112 valence electrons. The van der Waals surface area contributed by atoms with E-state index in [1.807, 2.05) is 30.8 Å². The minimum Gasteiger partial charge on any atom is -0.349 e. The number of nitrogens with two attached hydrogens (primary N) is 1. The minimum absolute atomic E-state index is 0.0882. The largest absolute Gasteiger partial charge is 0.349 e. The number of aromatic nitrogens is 2. The molecule has 0 aromatic carbocycles. The van der Waals surface area contributed by atoms with Gasteiger partial charge in [-0.05, 0) is 24.8 Å². The molecular formula is C15H26N4O. The van der Waals surface area contributed by atoms with Gasteiger partial charge in [-0.1, -0.05) is 33.1 Å². The molecule has 1 amide bonds. The average Bonchev–Trinajstić information content (AvgIpc) is 3.13. The van der Waals surface area contributed by atoms with E-state index in [-0.39, 0.29) is 11.8 Å². The summed E-state index contributed by atoms with van der Waals surface area (Å²) in [6.45, 7) is 4.50. The number of carbonyl (C=O) groups is 1. The Hall–Kier alpha value is -1.36. The van der Waals surface area contributed by atoms with Gasteiger partial charge in [0.15, 0.2) is 0 Å². The van der Waals surface area contributed by atoms with Crippen LogP contribution >= 0.6 is 0 Å². The van der Waals surface area contributed by atoms with Crippen molar-refractivity contribution in [3.05, 3.63) is 18.0 Å². The van der Waals surface area contributed by atoms with E-state index in [1.54, 1.807) is 0 Å². The molecule has 1 saturated carbocycles. The number of hydrogen-bond donors (Lipinski definition) is 2. The lowest BCUT2D eigenvalue weighted by atomic mass is 9.99. The molecule has 1 aliphatic carbocycles. The van der Waals surface area contributed by atoms with Gasteiger partial charge in [-0.2, -0.15) is 5.10 Å². The molecular weight excluding hydrogens is 252 g/mol. The zero-order chi connectivity index (χ0) is 14.5. The van der Waals surface area contributed by atoms with E-state index in [2.05, 4.69) is 10.4 Å². The lowest BCUT2D eigenvalue weighted by Crippen LogP contribution is -2.44. The fourth-order valence-electron chi connectivity index (χ4n) is 2.65. The maximum atomic E-state index is 11.9. The van der Waals surface area contributed by atoms with Crippen LogP contribution in [0.15, 0.2) is 12.3 Å². The first kappa shape index (κ1) is 15.0. The summed E-state index contributed by atoms with van der Waals surface area (Å²) in [5.41, 5.74) is 6.81. The zero-order valence-electron chi connectivity index (χ0n) is 12.5. The SMILES string of the molecule is CCC(C)C(N)C(=O)NCc1ccn(C2CCCC2)n1. The molecule has 2 unspecified atom stereocenters. The van der Waals surface area contributed by atoms with Crippen molar-refractivity contribution in [2.24, 2.45) is 11.7 Å². The van der Waals surface area contributed by atoms with Crippen LogP contribution in [0.2, 0.25) is 0 Å². The summed E-state index contributed by atoms with van der Waals surface area (Å²) >= 11 is 0. The molecule has 0 radical (unpaired) electrons. The number of rotatable bonds is 6. The Morgan fingerprint density at radius 3 is 2.90 bits per heavy atom. The highest BCUT2D eigenvalue weighted by Gasteiger charge is 2.20. The molecule has 1 aromatic rings. The van der Waals surface area contributed by atoms with Gasteiger partial charge in [-0.25, -0.2) is 0 Å². The lowest BCUT2D eigenvalue weighted by Gasteiger charge is -2.17. The van der Waals surface area contributed by atoms with Crippen LogP contribution in [0.1, 0.15) is 57.7 Å². The highest BCUT2D eigenvalue weighted by Crippen LogP contribution is 2.28. The number of nitrogens with one attached hydrogen (secondary N) is 1. The van der Waals surface area contributed by atoms with Gasteiger partial charge >= 0.3 is 0 Å². The predicted octanol–water partition coefficient (Wildman–Crippen LogP) is 1.99. The Kier molecular flexibility index (Phi) is 5.17. The van der Waals surface area contributed by atoms with E-state index in [4.69, 9.17) is 5.73 Å². The monoisotopic (exact) mass is 278 g/mol. The van der Waals surface area contributed by atoms with E-state index in [0.717, 1.165) is 12.1 Å². The van der Waals surface area contributed by atoms with Gasteiger partial charge in [0.25, 0.3) is 0 Å². The van der Waals surface area contributed by atoms with Crippen LogP contribution in [-0.2, 0) is 11.3 Å². The Morgan fingerprint density at radius 1 is 1.55 bits per heavy atom. The third kappa shape index (κ3) is 3.60. The third-order valence-corrected chi connectivity index (χ3v) is 4.37. The van der Waals surface area contributed by atoms with Crippen molar-refractivity contribution < 1.29 is 4.79 Å². The van der Waals surface area contributed by atoms with E-state index in [1.165, 1.54) is 25.7 Å². The third-order valence-electron chi connectivity index (χ3n) is 4.37. The summed E-state index contributed by atoms with van der Waals surface area (Å²) in [5, 5.41) is 7.43. The van der Waals surface area contributed by atoms with Crippen molar-refractivity contribution in [2.45, 2.75) is 64.6 Å². The first-order valence-corrected chi connectivity index (χ1v) is 7.69. The summed E-state index contributed by atoms with van der Waals surface area (Å²) in [4.78, 5) is 11.9. The van der Waals surface area contributed by atoms with E-state index in [0.29, 0.717) is 12.6 Å². The predicted molar refractivity (Wildman–Crippen MR) is 79.0 cm³/mol. The minimum atomic E-state index is -0.433. The van der Waals surface area contributed by atoms with Crippen molar-refractivity contribution >= 4 is 5.91 Å². The van der Waals surface area contributed by atoms with E-state index >= 15 is 0 Å². The molecule has 2 atom stereocenters. The Bertz CT molecular complexity index is 437. The molecule has 0 saturated heterocycles. The van der Waals surface area contributed by atoms with Crippen molar-refractivity contribution in [1.82, 2.24) is 15.1 Å². The van der Waals surface area contributed by atoms with Crippen LogP contribution in [0.5, 0.6) is 0 Å². The quantitative estimate of drug-likeness (QED) is 0.835. The molecule has 0 aliphatic heterocycles. The van der Waals surface area contributed by atoms with Crippen LogP contribution < -0.4 is 11.1 Å². The standard InChI is InChI=1S/C15H26N4O/c1-3-11(2)14(16)15(20)17-10-12-8-9-19(18-12)13-6-4-5-7-13/h8-9,11,13-14H,3-7,10,16H2,1-2H3,(H,17,20). The average molecular weight is 278 g/mol. The highest BCUT2D eigenvalue weighted by atomic mass is 16.2. The van der Waals surface area contributed by atoms with Crippen molar-refractivity contribution in [1.29, 1.82) is 0 Å². The molecule has 0 spiro atoms. The lowest BCUT2D eigenvalue weighted by molar-refractivity contribution is -0.123. The van der Waals surface area contributed by atoms with Crippen molar-refractivity contribution in [3.8, 4) is 0 Å². The number of carbonyl (C=O) groups excluding carboxylic acids is 1. The fraction of sp³-hybridized carbons (Fsp3) is 0.733. The van der Waals surface area contributed by atoms with Crippen LogP contribution in [-0.4, -0.2) is 21.7 Å². The van der Waals surface area contributed by atoms with Crippen molar-refractivity contribution in [3.63, 3.8) is 0 Å². The topological polar surface area (TPSA) is 72.9 Å². The number of nitrogens with zero attached hydrogens (tertiary/aromatic N) is 2. The van der Waals surface area contributed by atoms with Gasteiger partial charge < -0.3 is 11.1 Å². The first-order valence-electron chi connectivity index (χ1n) is 7.69. The summed E-state index contributed by atoms with van der Waals surface area (Å²) in [6, 6.07) is 2.09. The molecule has 1 fully saturated rings. The molecule has 1 heterocycles. The van der Waals surface area contributed by atoms with Gasteiger partial charge in [-0.3, -0.25) is 9.48 Å². The second-order valence-electron chi connectivity index (χ2n) is 5.85. The number of hydrogen-bond acceptors (Lipinski definition) is 3. The van der Waals surface area contributed by atoms with E-state index in [9.17, 15) is 4.79 Å². The first-order chi connectivity index (χ1) is 9.61. The molecule has 5 heteroatoms. The summed E-state index contributed by atoms with van der Waals surface area (Å²) in [6.07, 6.45) is 7.94. The van der Waals surface area contributed by atoms with Gasteiger partial charge in [0.05, 0.1) is 24.3 Å². The fourth-order valence-corrected chi connectivity index (χ4v) is 2.65. The van der Waals surface area contributed by atoms with Crippen LogP contribution in [0.25, 0.3) is 0 Å². The molecule has 1 aliphatic rings. The second-order valence-corrected chi connectivity index (χ2v) is 5.85. The van der Waals surface area contributed by atoms with Gasteiger partial charge in [0, 0.05) is 6.20 Å². The molecule has 1 aromatic heterocycles. The molecule has 0 bridgehead atoms. The maximum absolute atomic E-state index is 11.9. The number of amides is 1. The Labute approximate surface area is 120 Å². The van der Waals surface area contributed by atoms with Crippen LogP contribution in [0, 0.1) is 5.92 Å². The van der Waals surface area contributed by atoms with Crippen LogP contribution in [0.3, 0.4) is 0 Å². The highest BCUT2D eigenvalue weighted by molar-refractivity contribution is 5.81. The zero-order valence-corrected chi connectivity index (χ0v) is 12.5. The van der Waals surface area contributed by atoms with Gasteiger partial charge in [0.2, 0.25) is 5.91 Å². The molecule has 20 heavy (non-hydrogen) atoms. The van der Waals surface area contributed by atoms with E-state index < -0.39 is 6.04 Å². The second kappa shape index (κ2) is 6.88. The summed E-state index contributed by atoms with van der Waals surface area (Å²) in [7, 11) is 0. The normalized spacial score (nSPS) is 18.9. The smallest absolute Gasteiger partial charge is 0.237 e. The maximum Gasteiger partial charge on any atom is 0.237 e. The Morgan fingerprint density at radius 2 is 2.25 bits per heavy atom. The van der Waals surface area contributed by atoms with Crippen LogP contribution in [0.4, 0.5) is 0 Å². The molecule has 3 N–H and O–H groups in total. The summed E-state index contributed by atoms with van der Waals surface area (Å²) in [5.74, 6) is 0.112. The molecule has 2 rings (SSSR count). The summed E-state index contributed by atoms with van der Waals surface area (Å²) < 4.78 is 2.04. The van der Waals surface area contributed by atoms with Gasteiger partial charge in [-0.15, -0.1) is 0 Å². The van der Waals surface area contributed by atoms with Gasteiger partial charge in [0.1, 0.15) is 0 Å². The Balaban J connectivity index is 1.83. The molecule has 5 nitrogen and oxygen atoms in total.